The molecule has 26 heavy (non-hydrogen) atoms. The van der Waals surface area contributed by atoms with E-state index in [1.54, 1.807) is 17.4 Å². The standard InChI is InChI=1S/C19H14N2O2S3/c1-23-18(22)12-8-4-6-10-14(12)26-17-16-15(20-19(21-17)24-2)11-7-3-5-9-13(11)25-16/h3-10H,1-2H3. The number of nitrogens with zero attached hydrogens (tertiary/aromatic N) is 2. The molecule has 130 valence electrons. The van der Waals surface area contributed by atoms with E-state index in [0.29, 0.717) is 5.56 Å². The molecule has 4 aromatic rings. The van der Waals surface area contributed by atoms with Crippen molar-refractivity contribution in [3.8, 4) is 0 Å². The molecule has 0 N–H and O–H groups in total. The van der Waals surface area contributed by atoms with Gasteiger partial charge in [0, 0.05) is 15.0 Å². The summed E-state index contributed by atoms with van der Waals surface area (Å²) in [5, 5.41) is 2.71. The Morgan fingerprint density at radius 3 is 2.65 bits per heavy atom. The highest BCUT2D eigenvalue weighted by Crippen LogP contribution is 2.41. The fourth-order valence-corrected chi connectivity index (χ4v) is 5.28. The van der Waals surface area contributed by atoms with Crippen LogP contribution in [0.25, 0.3) is 20.3 Å². The van der Waals surface area contributed by atoms with Gasteiger partial charge in [0.1, 0.15) is 5.03 Å². The molecule has 0 saturated carbocycles. The Bertz CT molecular complexity index is 1120. The first-order valence-corrected chi connectivity index (χ1v) is 10.7. The fraction of sp³-hybridized carbons (Fsp3) is 0.105. The summed E-state index contributed by atoms with van der Waals surface area (Å²) >= 11 is 4.67. The van der Waals surface area contributed by atoms with E-state index in [4.69, 9.17) is 14.7 Å². The SMILES string of the molecule is COC(=O)c1ccccc1Sc1nc(SC)nc2c1sc1ccccc12. The Hall–Kier alpha value is -2.09. The van der Waals surface area contributed by atoms with E-state index in [1.165, 1.54) is 35.3 Å². The third-order valence-electron chi connectivity index (χ3n) is 3.85. The minimum atomic E-state index is -0.347. The first-order valence-electron chi connectivity index (χ1n) is 7.79. The lowest BCUT2D eigenvalue weighted by Gasteiger charge is -2.08. The molecule has 4 nitrogen and oxygen atoms in total. The van der Waals surface area contributed by atoms with Crippen LogP contribution in [0.3, 0.4) is 0 Å². The number of carbonyl (C=O) groups is 1. The van der Waals surface area contributed by atoms with Crippen molar-refractivity contribution in [2.45, 2.75) is 15.1 Å². The van der Waals surface area contributed by atoms with Crippen LogP contribution in [0, 0.1) is 0 Å². The zero-order chi connectivity index (χ0) is 18.1. The molecular weight excluding hydrogens is 384 g/mol. The number of esters is 1. The molecule has 0 fully saturated rings. The fourth-order valence-electron chi connectivity index (χ4n) is 2.64. The number of ether oxygens (including phenoxy) is 1. The molecule has 0 aliphatic heterocycles. The maximum absolute atomic E-state index is 12.1. The Labute approximate surface area is 163 Å². The Balaban J connectivity index is 1.91. The highest BCUT2D eigenvalue weighted by molar-refractivity contribution is 8.00. The van der Waals surface area contributed by atoms with Crippen molar-refractivity contribution in [2.75, 3.05) is 13.4 Å². The molecule has 4 rings (SSSR count). The van der Waals surface area contributed by atoms with Gasteiger partial charge in [-0.25, -0.2) is 14.8 Å². The maximum Gasteiger partial charge on any atom is 0.339 e. The minimum Gasteiger partial charge on any atom is -0.465 e. The van der Waals surface area contributed by atoms with Crippen LogP contribution in [0.2, 0.25) is 0 Å². The molecule has 0 amide bonds. The number of thioether (sulfide) groups is 1. The van der Waals surface area contributed by atoms with Crippen molar-refractivity contribution in [3.63, 3.8) is 0 Å². The van der Waals surface area contributed by atoms with Crippen LogP contribution in [-0.2, 0) is 4.74 Å². The minimum absolute atomic E-state index is 0.347. The van der Waals surface area contributed by atoms with Crippen molar-refractivity contribution in [2.24, 2.45) is 0 Å². The Morgan fingerprint density at radius 1 is 1.08 bits per heavy atom. The number of aromatic nitrogens is 2. The summed E-state index contributed by atoms with van der Waals surface area (Å²) < 4.78 is 7.12. The first-order chi connectivity index (χ1) is 12.7. The molecule has 2 aromatic heterocycles. The molecule has 0 aliphatic carbocycles. The largest absolute Gasteiger partial charge is 0.465 e. The number of hydrogen-bond acceptors (Lipinski definition) is 7. The normalized spacial score (nSPS) is 11.2. The molecule has 0 spiro atoms. The van der Waals surface area contributed by atoms with E-state index in [1.807, 2.05) is 36.6 Å². The molecular formula is C19H14N2O2S3. The van der Waals surface area contributed by atoms with E-state index >= 15 is 0 Å². The summed E-state index contributed by atoms with van der Waals surface area (Å²) in [6.07, 6.45) is 1.96. The molecule has 0 bridgehead atoms. The molecule has 7 heteroatoms. The second kappa shape index (κ2) is 7.26. The van der Waals surface area contributed by atoms with E-state index in [2.05, 4.69) is 12.1 Å². The maximum atomic E-state index is 12.1. The van der Waals surface area contributed by atoms with Crippen LogP contribution in [0.15, 0.2) is 63.6 Å². The van der Waals surface area contributed by atoms with Gasteiger partial charge in [0.2, 0.25) is 0 Å². The predicted molar refractivity (Wildman–Crippen MR) is 109 cm³/mol. The smallest absolute Gasteiger partial charge is 0.339 e. The van der Waals surface area contributed by atoms with Gasteiger partial charge in [-0.15, -0.1) is 11.3 Å². The van der Waals surface area contributed by atoms with Crippen molar-refractivity contribution < 1.29 is 9.53 Å². The highest BCUT2D eigenvalue weighted by atomic mass is 32.2. The molecule has 0 saturated heterocycles. The number of thiophene rings is 1. The molecule has 2 aromatic carbocycles. The van der Waals surface area contributed by atoms with Gasteiger partial charge >= 0.3 is 5.97 Å². The summed E-state index contributed by atoms with van der Waals surface area (Å²) in [6.45, 7) is 0. The molecule has 0 atom stereocenters. The van der Waals surface area contributed by atoms with Crippen LogP contribution < -0.4 is 0 Å². The van der Waals surface area contributed by atoms with Crippen LogP contribution >= 0.6 is 34.9 Å². The molecule has 2 heterocycles. The van der Waals surface area contributed by atoms with Crippen molar-refractivity contribution in [1.82, 2.24) is 9.97 Å². The number of carbonyl (C=O) groups excluding carboxylic acids is 1. The number of methoxy groups -OCH3 is 1. The Morgan fingerprint density at radius 2 is 1.85 bits per heavy atom. The van der Waals surface area contributed by atoms with Crippen molar-refractivity contribution in [1.29, 1.82) is 0 Å². The van der Waals surface area contributed by atoms with Gasteiger partial charge < -0.3 is 4.74 Å². The number of fused-ring (bicyclic) bond motifs is 3. The Kier molecular flexibility index (Phi) is 4.84. The van der Waals surface area contributed by atoms with Crippen LogP contribution in [-0.4, -0.2) is 29.3 Å². The second-order valence-electron chi connectivity index (χ2n) is 5.38. The van der Waals surface area contributed by atoms with Gasteiger partial charge in [0.15, 0.2) is 5.16 Å². The summed E-state index contributed by atoms with van der Waals surface area (Å²) in [5.41, 5.74) is 1.50. The molecule has 0 unspecified atom stereocenters. The third-order valence-corrected chi connectivity index (χ3v) is 6.76. The van der Waals surface area contributed by atoms with E-state index < -0.39 is 0 Å². The van der Waals surface area contributed by atoms with Gasteiger partial charge in [-0.1, -0.05) is 53.9 Å². The molecule has 0 radical (unpaired) electrons. The average Bonchev–Trinajstić information content (AvgIpc) is 3.06. The first kappa shape index (κ1) is 17.3. The lowest BCUT2D eigenvalue weighted by Crippen LogP contribution is -2.02. The van der Waals surface area contributed by atoms with E-state index in [9.17, 15) is 4.79 Å². The van der Waals surface area contributed by atoms with Gasteiger partial charge in [-0.2, -0.15) is 0 Å². The zero-order valence-corrected chi connectivity index (χ0v) is 16.5. The van der Waals surface area contributed by atoms with Crippen LogP contribution in [0.5, 0.6) is 0 Å². The molecule has 0 aliphatic rings. The average molecular weight is 399 g/mol. The lowest BCUT2D eigenvalue weighted by molar-refractivity contribution is 0.0597. The van der Waals surface area contributed by atoms with Gasteiger partial charge in [0.25, 0.3) is 0 Å². The van der Waals surface area contributed by atoms with Crippen LogP contribution in [0.1, 0.15) is 10.4 Å². The zero-order valence-electron chi connectivity index (χ0n) is 14.1. The topological polar surface area (TPSA) is 52.1 Å². The monoisotopic (exact) mass is 398 g/mol. The summed E-state index contributed by atoms with van der Waals surface area (Å²) in [4.78, 5) is 22.3. The highest BCUT2D eigenvalue weighted by Gasteiger charge is 2.18. The van der Waals surface area contributed by atoms with E-state index in [-0.39, 0.29) is 5.97 Å². The van der Waals surface area contributed by atoms with Crippen molar-refractivity contribution in [3.05, 3.63) is 54.1 Å². The summed E-state index contributed by atoms with van der Waals surface area (Å²) in [6, 6.07) is 15.7. The predicted octanol–water partition coefficient (Wildman–Crippen LogP) is 5.50. The third kappa shape index (κ3) is 3.06. The quantitative estimate of drug-likeness (QED) is 0.196. The van der Waals surface area contributed by atoms with Gasteiger partial charge in [-0.05, 0) is 24.5 Å². The second-order valence-corrected chi connectivity index (χ2v) is 8.24. The number of benzene rings is 2. The van der Waals surface area contributed by atoms with E-state index in [0.717, 1.165) is 30.7 Å². The lowest BCUT2D eigenvalue weighted by atomic mass is 10.2. The van der Waals surface area contributed by atoms with Gasteiger partial charge in [-0.3, -0.25) is 0 Å². The summed E-state index contributed by atoms with van der Waals surface area (Å²) in [7, 11) is 1.39. The van der Waals surface area contributed by atoms with Crippen molar-refractivity contribution >= 4 is 61.1 Å². The number of hydrogen-bond donors (Lipinski definition) is 0. The van der Waals surface area contributed by atoms with Gasteiger partial charge in [0.05, 0.1) is 22.9 Å². The number of rotatable bonds is 4. The van der Waals surface area contributed by atoms with Crippen LogP contribution in [0.4, 0.5) is 0 Å². The summed E-state index contributed by atoms with van der Waals surface area (Å²) in [5.74, 6) is -0.347.